The van der Waals surface area contributed by atoms with E-state index >= 15 is 0 Å². The molecule has 0 aliphatic carbocycles. The lowest BCUT2D eigenvalue weighted by Gasteiger charge is -2.23. The van der Waals surface area contributed by atoms with Crippen LogP contribution in [-0.2, 0) is 9.53 Å². The van der Waals surface area contributed by atoms with E-state index in [1.807, 2.05) is 0 Å². The van der Waals surface area contributed by atoms with E-state index in [-0.39, 0.29) is 18.6 Å². The normalized spacial score (nSPS) is 22.1. The summed E-state index contributed by atoms with van der Waals surface area (Å²) in [5.41, 5.74) is 0. The van der Waals surface area contributed by atoms with Crippen LogP contribution in [0.3, 0.4) is 0 Å². The fraction of sp³-hybridized carbons (Fsp3) is 0.923. The fourth-order valence-corrected chi connectivity index (χ4v) is 2.25. The Balaban J connectivity index is 2.24. The first kappa shape index (κ1) is 14.5. The van der Waals surface area contributed by atoms with Gasteiger partial charge in [0.1, 0.15) is 6.10 Å². The second-order valence-corrected chi connectivity index (χ2v) is 4.77. The molecule has 0 radical (unpaired) electrons. The van der Waals surface area contributed by atoms with Crippen LogP contribution < -0.4 is 5.32 Å². The van der Waals surface area contributed by atoms with Gasteiger partial charge in [0.25, 0.3) is 0 Å². The minimum Gasteiger partial charge on any atom is -0.396 e. The molecule has 1 fully saturated rings. The van der Waals surface area contributed by atoms with Crippen LogP contribution in [0.2, 0.25) is 0 Å². The lowest BCUT2D eigenvalue weighted by Crippen LogP contribution is -2.40. The van der Waals surface area contributed by atoms with Crippen molar-refractivity contribution in [3.05, 3.63) is 0 Å². The molecule has 1 amide bonds. The molecular weight excluding hydrogens is 218 g/mol. The molecule has 4 heteroatoms. The molecule has 1 heterocycles. The van der Waals surface area contributed by atoms with Crippen molar-refractivity contribution in [2.24, 2.45) is 5.92 Å². The summed E-state index contributed by atoms with van der Waals surface area (Å²) in [6.45, 7) is 3.68. The van der Waals surface area contributed by atoms with Gasteiger partial charge in [0.15, 0.2) is 0 Å². The zero-order chi connectivity index (χ0) is 12.5. The third-order valence-electron chi connectivity index (χ3n) is 3.27. The summed E-state index contributed by atoms with van der Waals surface area (Å²) in [5.74, 6) is 0.404. The first-order valence-electron chi connectivity index (χ1n) is 6.78. The van der Waals surface area contributed by atoms with E-state index in [4.69, 9.17) is 9.84 Å². The SMILES string of the molecule is CCCC(CCO)CNC(=O)C1CCCCO1. The second kappa shape index (κ2) is 8.48. The maximum Gasteiger partial charge on any atom is 0.249 e. The van der Waals surface area contributed by atoms with Crippen molar-refractivity contribution in [3.63, 3.8) is 0 Å². The number of carbonyl (C=O) groups excluding carboxylic acids is 1. The van der Waals surface area contributed by atoms with Crippen LogP contribution in [-0.4, -0.2) is 36.9 Å². The molecule has 0 spiro atoms. The average molecular weight is 243 g/mol. The molecule has 0 bridgehead atoms. The molecule has 0 aromatic carbocycles. The Labute approximate surface area is 104 Å². The van der Waals surface area contributed by atoms with Gasteiger partial charge in [-0.15, -0.1) is 0 Å². The van der Waals surface area contributed by atoms with E-state index in [1.54, 1.807) is 0 Å². The molecular formula is C13H25NO3. The van der Waals surface area contributed by atoms with Crippen LogP contribution in [0.1, 0.15) is 45.4 Å². The zero-order valence-corrected chi connectivity index (χ0v) is 10.8. The van der Waals surface area contributed by atoms with Crippen LogP contribution >= 0.6 is 0 Å². The number of aliphatic hydroxyl groups is 1. The van der Waals surface area contributed by atoms with E-state index in [0.29, 0.717) is 19.1 Å². The van der Waals surface area contributed by atoms with Crippen molar-refractivity contribution < 1.29 is 14.6 Å². The molecule has 1 rings (SSSR count). The number of hydrogen-bond acceptors (Lipinski definition) is 3. The van der Waals surface area contributed by atoms with Gasteiger partial charge in [-0.25, -0.2) is 0 Å². The highest BCUT2D eigenvalue weighted by atomic mass is 16.5. The van der Waals surface area contributed by atoms with Crippen molar-refractivity contribution >= 4 is 5.91 Å². The third kappa shape index (κ3) is 5.50. The number of aliphatic hydroxyl groups excluding tert-OH is 1. The molecule has 1 aliphatic heterocycles. The van der Waals surface area contributed by atoms with Crippen LogP contribution in [0.15, 0.2) is 0 Å². The number of hydrogen-bond donors (Lipinski definition) is 2. The summed E-state index contributed by atoms with van der Waals surface area (Å²) in [5, 5.41) is 11.9. The number of amides is 1. The van der Waals surface area contributed by atoms with Crippen molar-refractivity contribution in [3.8, 4) is 0 Å². The van der Waals surface area contributed by atoms with Gasteiger partial charge in [-0.1, -0.05) is 13.3 Å². The smallest absolute Gasteiger partial charge is 0.249 e. The van der Waals surface area contributed by atoms with E-state index in [1.165, 1.54) is 0 Å². The molecule has 2 atom stereocenters. The summed E-state index contributed by atoms with van der Waals surface area (Å²) in [4.78, 5) is 11.8. The molecule has 0 saturated carbocycles. The Morgan fingerprint density at radius 3 is 2.88 bits per heavy atom. The quantitative estimate of drug-likeness (QED) is 0.712. The highest BCUT2D eigenvalue weighted by molar-refractivity contribution is 5.80. The summed E-state index contributed by atoms with van der Waals surface area (Å²) >= 11 is 0. The first-order chi connectivity index (χ1) is 8.27. The Kier molecular flexibility index (Phi) is 7.21. The maximum absolute atomic E-state index is 11.8. The Bertz CT molecular complexity index is 209. The first-order valence-corrected chi connectivity index (χ1v) is 6.78. The third-order valence-corrected chi connectivity index (χ3v) is 3.27. The molecule has 100 valence electrons. The highest BCUT2D eigenvalue weighted by Crippen LogP contribution is 2.13. The molecule has 2 N–H and O–H groups in total. The average Bonchev–Trinajstić information content (AvgIpc) is 2.37. The Morgan fingerprint density at radius 1 is 1.47 bits per heavy atom. The summed E-state index contributed by atoms with van der Waals surface area (Å²) in [7, 11) is 0. The van der Waals surface area contributed by atoms with Gasteiger partial charge < -0.3 is 15.2 Å². The van der Waals surface area contributed by atoms with Crippen LogP contribution in [0, 0.1) is 5.92 Å². The second-order valence-electron chi connectivity index (χ2n) is 4.77. The molecule has 2 unspecified atom stereocenters. The maximum atomic E-state index is 11.8. The van der Waals surface area contributed by atoms with Gasteiger partial charge in [-0.05, 0) is 38.0 Å². The molecule has 1 aliphatic rings. The summed E-state index contributed by atoms with van der Waals surface area (Å²) in [6, 6.07) is 0. The number of nitrogens with one attached hydrogen (secondary N) is 1. The zero-order valence-electron chi connectivity index (χ0n) is 10.8. The van der Waals surface area contributed by atoms with Gasteiger partial charge in [0.05, 0.1) is 0 Å². The van der Waals surface area contributed by atoms with Crippen molar-refractivity contribution in [1.29, 1.82) is 0 Å². The Morgan fingerprint density at radius 2 is 2.29 bits per heavy atom. The Hall–Kier alpha value is -0.610. The minimum atomic E-state index is -0.250. The molecule has 4 nitrogen and oxygen atoms in total. The number of carbonyl (C=O) groups is 1. The lowest BCUT2D eigenvalue weighted by atomic mass is 10.00. The highest BCUT2D eigenvalue weighted by Gasteiger charge is 2.22. The van der Waals surface area contributed by atoms with E-state index < -0.39 is 0 Å². The standard InChI is InChI=1S/C13H25NO3/c1-2-5-11(7-8-15)10-14-13(16)12-6-3-4-9-17-12/h11-12,15H,2-10H2,1H3,(H,14,16). The summed E-state index contributed by atoms with van der Waals surface area (Å²) < 4.78 is 5.43. The van der Waals surface area contributed by atoms with Crippen molar-refractivity contribution in [2.45, 2.75) is 51.6 Å². The van der Waals surface area contributed by atoms with Gasteiger partial charge in [-0.2, -0.15) is 0 Å². The van der Waals surface area contributed by atoms with E-state index in [0.717, 1.165) is 38.5 Å². The van der Waals surface area contributed by atoms with Gasteiger partial charge in [0.2, 0.25) is 5.91 Å². The van der Waals surface area contributed by atoms with E-state index in [9.17, 15) is 4.79 Å². The number of rotatable bonds is 7. The largest absolute Gasteiger partial charge is 0.396 e. The van der Waals surface area contributed by atoms with Crippen LogP contribution in [0.25, 0.3) is 0 Å². The fourth-order valence-electron chi connectivity index (χ4n) is 2.25. The van der Waals surface area contributed by atoms with Gasteiger partial charge in [0, 0.05) is 19.8 Å². The van der Waals surface area contributed by atoms with Gasteiger partial charge in [-0.3, -0.25) is 4.79 Å². The predicted octanol–water partition coefficient (Wildman–Crippen LogP) is 1.47. The number of ether oxygens (including phenoxy) is 1. The molecule has 1 saturated heterocycles. The van der Waals surface area contributed by atoms with Crippen LogP contribution in [0.4, 0.5) is 0 Å². The summed E-state index contributed by atoms with van der Waals surface area (Å²) in [6.07, 6.45) is 5.62. The van der Waals surface area contributed by atoms with Crippen LogP contribution in [0.5, 0.6) is 0 Å². The minimum absolute atomic E-state index is 0.0174. The molecule has 17 heavy (non-hydrogen) atoms. The lowest BCUT2D eigenvalue weighted by molar-refractivity contribution is -0.135. The topological polar surface area (TPSA) is 58.6 Å². The van der Waals surface area contributed by atoms with Crippen molar-refractivity contribution in [1.82, 2.24) is 5.32 Å². The van der Waals surface area contributed by atoms with E-state index in [2.05, 4.69) is 12.2 Å². The van der Waals surface area contributed by atoms with Crippen molar-refractivity contribution in [2.75, 3.05) is 19.8 Å². The monoisotopic (exact) mass is 243 g/mol. The van der Waals surface area contributed by atoms with Gasteiger partial charge >= 0.3 is 0 Å². The predicted molar refractivity (Wildman–Crippen MR) is 66.7 cm³/mol. The molecule has 0 aromatic rings. The molecule has 0 aromatic heterocycles.